The molecule has 42 heavy (non-hydrogen) atoms. The van der Waals surface area contributed by atoms with E-state index in [1.165, 1.54) is 0 Å². The second kappa shape index (κ2) is 12.6. The average molecular weight is 564 g/mol. The summed E-state index contributed by atoms with van der Waals surface area (Å²) in [5.41, 5.74) is 4.75. The summed E-state index contributed by atoms with van der Waals surface area (Å²) in [4.78, 5) is 13.6. The molecule has 2 bridgehead atoms. The van der Waals surface area contributed by atoms with Gasteiger partial charge in [-0.05, 0) is 73.7 Å². The Bertz CT molecular complexity index is 1710. The number of fused-ring (bicyclic) bond motifs is 4. The van der Waals surface area contributed by atoms with Crippen molar-refractivity contribution in [3.63, 3.8) is 0 Å². The van der Waals surface area contributed by atoms with Crippen molar-refractivity contribution in [1.29, 1.82) is 0 Å². The number of aryl methyl sites for hydroxylation is 2. The van der Waals surface area contributed by atoms with Gasteiger partial charge < -0.3 is 23.5 Å². The predicted molar refractivity (Wildman–Crippen MR) is 167 cm³/mol. The van der Waals surface area contributed by atoms with Crippen molar-refractivity contribution in [2.75, 3.05) is 26.9 Å². The fraction of sp³-hybridized carbons (Fsp3) is 0.306. The topological polar surface area (TPSA) is 58.9 Å². The van der Waals surface area contributed by atoms with Crippen LogP contribution in [0, 0.1) is 0 Å². The number of carbonyl (C=O) groups is 1. The molecule has 2 heterocycles. The molecule has 0 atom stereocenters. The van der Waals surface area contributed by atoms with Gasteiger partial charge in [0.25, 0.3) is 0 Å². The van der Waals surface area contributed by atoms with E-state index in [2.05, 4.69) is 47.0 Å². The van der Waals surface area contributed by atoms with E-state index in [1.54, 1.807) is 7.11 Å². The van der Waals surface area contributed by atoms with Gasteiger partial charge in [0.15, 0.2) is 0 Å². The number of methoxy groups -OCH3 is 1. The molecule has 6 nitrogen and oxygen atoms in total. The van der Waals surface area contributed by atoms with E-state index in [-0.39, 0.29) is 5.97 Å². The van der Waals surface area contributed by atoms with Gasteiger partial charge in [-0.2, -0.15) is 0 Å². The number of nitrogens with zero attached hydrogens (tertiary/aromatic N) is 1. The first kappa shape index (κ1) is 27.7. The highest BCUT2D eigenvalue weighted by molar-refractivity contribution is 6.04. The van der Waals surface area contributed by atoms with Crippen LogP contribution >= 0.6 is 0 Å². The molecule has 5 aromatic rings. The lowest BCUT2D eigenvalue weighted by molar-refractivity contribution is 0.0512. The molecule has 0 amide bonds. The van der Waals surface area contributed by atoms with Crippen LogP contribution in [0.3, 0.4) is 0 Å². The van der Waals surface area contributed by atoms with Crippen LogP contribution in [-0.2, 0) is 17.7 Å². The van der Waals surface area contributed by atoms with Crippen LogP contribution in [0.25, 0.3) is 32.8 Å². The van der Waals surface area contributed by atoms with Crippen molar-refractivity contribution in [3.8, 4) is 28.4 Å². The number of carbonyl (C=O) groups excluding carboxylic acids is 1. The number of aromatic nitrogens is 1. The fourth-order valence-electron chi connectivity index (χ4n) is 6.04. The summed E-state index contributed by atoms with van der Waals surface area (Å²) in [6.45, 7) is 4.09. The minimum atomic E-state index is -0.272. The Morgan fingerprint density at radius 1 is 0.929 bits per heavy atom. The Morgan fingerprint density at radius 2 is 1.76 bits per heavy atom. The molecule has 1 aliphatic rings. The van der Waals surface area contributed by atoms with E-state index < -0.39 is 0 Å². The van der Waals surface area contributed by atoms with Crippen molar-refractivity contribution in [2.24, 2.45) is 0 Å². The van der Waals surface area contributed by atoms with Crippen LogP contribution in [0.1, 0.15) is 48.7 Å². The zero-order valence-electron chi connectivity index (χ0n) is 24.4. The highest BCUT2D eigenvalue weighted by Crippen LogP contribution is 2.39. The molecule has 0 unspecified atom stereocenters. The first-order chi connectivity index (χ1) is 20.7. The molecule has 0 saturated heterocycles. The number of rotatable bonds is 8. The second-order valence-corrected chi connectivity index (χ2v) is 10.6. The molecule has 0 aliphatic carbocycles. The van der Waals surface area contributed by atoms with Crippen molar-refractivity contribution < 1.29 is 23.7 Å². The molecular formula is C36H37NO5. The standard InChI is InChI=1S/C36H37NO5/c1-3-40-36(38)35-32(17-11-21-42-33-18-9-13-25-12-5-6-14-29(25)33)31-16-10-15-30-26-22-27(39-2)24-28(23-26)41-20-8-4-7-19-37(35)34(30)31/h5-6,9-10,12-16,18,22-24H,3-4,7-8,11,17,19-21H2,1-2H3. The van der Waals surface area contributed by atoms with Gasteiger partial charge in [-0.3, -0.25) is 0 Å². The molecule has 0 radical (unpaired) electrons. The summed E-state index contributed by atoms with van der Waals surface area (Å²) in [5, 5.41) is 3.33. The smallest absolute Gasteiger partial charge is 0.355 e. The highest BCUT2D eigenvalue weighted by atomic mass is 16.5. The Morgan fingerprint density at radius 3 is 2.64 bits per heavy atom. The minimum absolute atomic E-state index is 0.272. The first-order valence-corrected chi connectivity index (χ1v) is 14.9. The van der Waals surface area contributed by atoms with Crippen LogP contribution < -0.4 is 14.2 Å². The molecular weight excluding hydrogens is 526 g/mol. The molecule has 0 fully saturated rings. The lowest BCUT2D eigenvalue weighted by Crippen LogP contribution is -2.15. The normalized spacial score (nSPS) is 13.2. The third kappa shape index (κ3) is 5.54. The van der Waals surface area contributed by atoms with Gasteiger partial charge in [-0.1, -0.05) is 54.6 Å². The lowest BCUT2D eigenvalue weighted by atomic mass is 9.99. The van der Waals surface area contributed by atoms with E-state index in [0.29, 0.717) is 31.9 Å². The van der Waals surface area contributed by atoms with Crippen LogP contribution in [0.5, 0.6) is 17.2 Å². The Balaban J connectivity index is 1.41. The van der Waals surface area contributed by atoms with Gasteiger partial charge in [-0.25, -0.2) is 4.79 Å². The predicted octanol–water partition coefficient (Wildman–Crippen LogP) is 8.22. The third-order valence-electron chi connectivity index (χ3n) is 7.96. The van der Waals surface area contributed by atoms with Crippen LogP contribution in [0.15, 0.2) is 78.9 Å². The van der Waals surface area contributed by atoms with E-state index in [9.17, 15) is 4.79 Å². The molecule has 0 N–H and O–H groups in total. The summed E-state index contributed by atoms with van der Waals surface area (Å²) < 4.78 is 25.9. The van der Waals surface area contributed by atoms with Gasteiger partial charge in [0.2, 0.25) is 0 Å². The SMILES string of the molecule is CCOC(=O)c1c(CCCOc2cccc3ccccc23)c2cccc3c2n1CCCCCOc1cc(OC)cc-3c1. The maximum absolute atomic E-state index is 13.6. The summed E-state index contributed by atoms with van der Waals surface area (Å²) in [6.07, 6.45) is 4.32. The maximum Gasteiger partial charge on any atom is 0.355 e. The molecule has 0 saturated carbocycles. The molecule has 0 spiro atoms. The number of hydrogen-bond donors (Lipinski definition) is 0. The van der Waals surface area contributed by atoms with Gasteiger partial charge in [0.1, 0.15) is 22.9 Å². The van der Waals surface area contributed by atoms with Gasteiger partial charge in [0, 0.05) is 28.9 Å². The fourth-order valence-corrected chi connectivity index (χ4v) is 6.04. The third-order valence-corrected chi connectivity index (χ3v) is 7.96. The molecule has 6 rings (SSSR count). The first-order valence-electron chi connectivity index (χ1n) is 14.9. The van der Waals surface area contributed by atoms with E-state index in [0.717, 1.165) is 87.8 Å². The summed E-state index contributed by atoms with van der Waals surface area (Å²) in [5.74, 6) is 2.14. The molecule has 216 valence electrons. The lowest BCUT2D eigenvalue weighted by Gasteiger charge is -2.16. The maximum atomic E-state index is 13.6. The summed E-state index contributed by atoms with van der Waals surface area (Å²) in [6, 6.07) is 26.7. The average Bonchev–Trinajstić information content (AvgIpc) is 3.33. The van der Waals surface area contributed by atoms with Gasteiger partial charge in [0.05, 0.1) is 32.4 Å². The van der Waals surface area contributed by atoms with Crippen molar-refractivity contribution in [2.45, 2.75) is 45.6 Å². The van der Waals surface area contributed by atoms with Crippen molar-refractivity contribution in [1.82, 2.24) is 4.57 Å². The zero-order valence-corrected chi connectivity index (χ0v) is 24.4. The highest BCUT2D eigenvalue weighted by Gasteiger charge is 2.26. The van der Waals surface area contributed by atoms with Gasteiger partial charge in [-0.15, -0.1) is 0 Å². The Hall–Kier alpha value is -4.45. The van der Waals surface area contributed by atoms with Gasteiger partial charge >= 0.3 is 5.97 Å². The van der Waals surface area contributed by atoms with E-state index >= 15 is 0 Å². The quantitative estimate of drug-likeness (QED) is 0.141. The Labute approximate surface area is 246 Å². The van der Waals surface area contributed by atoms with Crippen LogP contribution in [0.2, 0.25) is 0 Å². The van der Waals surface area contributed by atoms with E-state index in [1.807, 2.05) is 43.3 Å². The van der Waals surface area contributed by atoms with Crippen LogP contribution in [0.4, 0.5) is 0 Å². The number of esters is 1. The molecule has 1 aliphatic heterocycles. The zero-order chi connectivity index (χ0) is 28.9. The monoisotopic (exact) mass is 563 g/mol. The summed E-state index contributed by atoms with van der Waals surface area (Å²) in [7, 11) is 1.67. The van der Waals surface area contributed by atoms with E-state index in [4.69, 9.17) is 18.9 Å². The molecule has 6 heteroatoms. The number of hydrogen-bond acceptors (Lipinski definition) is 5. The Kier molecular flexibility index (Phi) is 8.31. The number of ether oxygens (including phenoxy) is 4. The minimum Gasteiger partial charge on any atom is -0.497 e. The number of benzene rings is 4. The van der Waals surface area contributed by atoms with Crippen LogP contribution in [-0.4, -0.2) is 37.5 Å². The number of para-hydroxylation sites is 1. The van der Waals surface area contributed by atoms with Crippen molar-refractivity contribution >= 4 is 27.6 Å². The van der Waals surface area contributed by atoms with Crippen molar-refractivity contribution in [3.05, 3.63) is 90.1 Å². The summed E-state index contributed by atoms with van der Waals surface area (Å²) >= 11 is 0. The molecule has 1 aromatic heterocycles. The molecule has 4 aromatic carbocycles. The largest absolute Gasteiger partial charge is 0.497 e. The second-order valence-electron chi connectivity index (χ2n) is 10.6.